The van der Waals surface area contributed by atoms with Gasteiger partial charge in [0.05, 0.1) is 18.7 Å². The molecule has 0 spiro atoms. The average Bonchev–Trinajstić information content (AvgIpc) is 2.39. The van der Waals surface area contributed by atoms with E-state index in [4.69, 9.17) is 37.4 Å². The maximum absolute atomic E-state index is 6.13. The molecule has 0 fully saturated rings. The molecule has 3 nitrogen and oxygen atoms in total. The van der Waals surface area contributed by atoms with Crippen LogP contribution in [0.4, 0.5) is 0 Å². The summed E-state index contributed by atoms with van der Waals surface area (Å²) in [6, 6.07) is 3.60. The van der Waals surface area contributed by atoms with E-state index >= 15 is 0 Å². The molecule has 0 radical (unpaired) electrons. The molecule has 1 aromatic rings. The molecular formula is C13H18Cl2O3. The number of hydrogen-bond donors (Lipinski definition) is 0. The fraction of sp³-hybridized carbons (Fsp3) is 0.538. The summed E-state index contributed by atoms with van der Waals surface area (Å²) in [7, 11) is 1.57. The summed E-state index contributed by atoms with van der Waals surface area (Å²) in [6.45, 7) is 3.77. The normalized spacial score (nSPS) is 10.4. The smallest absolute Gasteiger partial charge is 0.179 e. The average molecular weight is 293 g/mol. The Morgan fingerprint density at radius 3 is 2.56 bits per heavy atom. The van der Waals surface area contributed by atoms with Crippen molar-refractivity contribution in [3.63, 3.8) is 0 Å². The highest BCUT2D eigenvalue weighted by Gasteiger charge is 2.11. The fourth-order valence-electron chi connectivity index (χ4n) is 1.44. The first kappa shape index (κ1) is 15.4. The van der Waals surface area contributed by atoms with Crippen LogP contribution in [0.5, 0.6) is 11.5 Å². The van der Waals surface area contributed by atoms with Gasteiger partial charge in [0.1, 0.15) is 6.61 Å². The highest BCUT2D eigenvalue weighted by Crippen LogP contribution is 2.36. The lowest BCUT2D eigenvalue weighted by molar-refractivity contribution is 0.0995. The van der Waals surface area contributed by atoms with E-state index < -0.39 is 0 Å². The third kappa shape index (κ3) is 4.56. The molecule has 0 N–H and O–H groups in total. The molecule has 0 aliphatic heterocycles. The topological polar surface area (TPSA) is 27.7 Å². The first-order valence-corrected chi connectivity index (χ1v) is 6.77. The molecule has 0 unspecified atom stereocenters. The molecule has 0 saturated heterocycles. The maximum atomic E-state index is 6.13. The molecule has 0 bridgehead atoms. The first-order chi connectivity index (χ1) is 8.72. The third-order valence-electron chi connectivity index (χ3n) is 2.27. The number of alkyl halides is 1. The Morgan fingerprint density at radius 2 is 1.94 bits per heavy atom. The summed E-state index contributed by atoms with van der Waals surface area (Å²) in [6.07, 6.45) is 0.995. The van der Waals surface area contributed by atoms with Gasteiger partial charge < -0.3 is 14.2 Å². The van der Waals surface area contributed by atoms with E-state index in [1.807, 2.05) is 6.07 Å². The van der Waals surface area contributed by atoms with E-state index in [9.17, 15) is 0 Å². The van der Waals surface area contributed by atoms with Crippen molar-refractivity contribution in [3.8, 4) is 11.5 Å². The van der Waals surface area contributed by atoms with Gasteiger partial charge in [0.25, 0.3) is 0 Å². The molecule has 0 aliphatic rings. The molecule has 0 aliphatic carbocycles. The van der Waals surface area contributed by atoms with Gasteiger partial charge in [0, 0.05) is 12.5 Å². The number of rotatable bonds is 8. The molecule has 0 heterocycles. The van der Waals surface area contributed by atoms with Crippen LogP contribution in [0.15, 0.2) is 12.1 Å². The Morgan fingerprint density at radius 1 is 1.17 bits per heavy atom. The Hall–Kier alpha value is -0.640. The van der Waals surface area contributed by atoms with Crippen molar-refractivity contribution >= 4 is 23.2 Å². The first-order valence-electron chi connectivity index (χ1n) is 5.85. The molecule has 18 heavy (non-hydrogen) atoms. The van der Waals surface area contributed by atoms with Crippen LogP contribution >= 0.6 is 23.2 Å². The van der Waals surface area contributed by atoms with Crippen LogP contribution in [0.25, 0.3) is 0 Å². The van der Waals surface area contributed by atoms with E-state index in [0.29, 0.717) is 35.6 Å². The second-order valence-corrected chi connectivity index (χ2v) is 4.38. The van der Waals surface area contributed by atoms with Crippen LogP contribution in [0.3, 0.4) is 0 Å². The molecule has 5 heteroatoms. The number of halogens is 2. The third-order valence-corrected chi connectivity index (χ3v) is 2.86. The summed E-state index contributed by atoms with van der Waals surface area (Å²) in [4.78, 5) is 0. The number of ether oxygens (including phenoxy) is 3. The number of hydrogen-bond acceptors (Lipinski definition) is 3. The van der Waals surface area contributed by atoms with Gasteiger partial charge in [0.2, 0.25) is 0 Å². The van der Waals surface area contributed by atoms with Gasteiger partial charge in [-0.1, -0.05) is 18.5 Å². The van der Waals surface area contributed by atoms with Gasteiger partial charge in [-0.2, -0.15) is 0 Å². The maximum Gasteiger partial charge on any atom is 0.179 e. The summed E-state index contributed by atoms with van der Waals surface area (Å²) in [5.74, 6) is 1.51. The zero-order valence-corrected chi connectivity index (χ0v) is 12.2. The standard InChI is InChI=1S/C13H18Cl2O3/c1-3-4-17-5-6-18-13-11(15)7-10(9-14)8-12(13)16-2/h7-8H,3-6,9H2,1-2H3. The SMILES string of the molecule is CCCOCCOc1c(Cl)cc(CCl)cc1OC. The molecule has 1 rings (SSSR count). The quantitative estimate of drug-likeness (QED) is 0.537. The highest BCUT2D eigenvalue weighted by atomic mass is 35.5. The molecular weight excluding hydrogens is 275 g/mol. The van der Waals surface area contributed by atoms with Crippen molar-refractivity contribution < 1.29 is 14.2 Å². The van der Waals surface area contributed by atoms with Crippen molar-refractivity contribution in [3.05, 3.63) is 22.7 Å². The minimum absolute atomic E-state index is 0.385. The van der Waals surface area contributed by atoms with E-state index in [1.54, 1.807) is 13.2 Å². The highest BCUT2D eigenvalue weighted by molar-refractivity contribution is 6.32. The van der Waals surface area contributed by atoms with Crippen molar-refractivity contribution in [2.45, 2.75) is 19.2 Å². The molecule has 102 valence electrons. The lowest BCUT2D eigenvalue weighted by Crippen LogP contribution is -2.08. The fourth-order valence-corrected chi connectivity index (χ4v) is 1.88. The predicted octanol–water partition coefficient (Wildman–Crippen LogP) is 3.89. The van der Waals surface area contributed by atoms with Gasteiger partial charge >= 0.3 is 0 Å². The van der Waals surface area contributed by atoms with Crippen LogP contribution in [0, 0.1) is 0 Å². The molecule has 0 amide bonds. The predicted molar refractivity (Wildman–Crippen MR) is 74.2 cm³/mol. The Labute approximate surface area is 118 Å². The number of benzene rings is 1. The second kappa shape index (κ2) is 8.46. The van der Waals surface area contributed by atoms with Crippen LogP contribution in [0.1, 0.15) is 18.9 Å². The van der Waals surface area contributed by atoms with Gasteiger partial charge in [-0.05, 0) is 24.1 Å². The van der Waals surface area contributed by atoms with Gasteiger partial charge in [-0.3, -0.25) is 0 Å². The van der Waals surface area contributed by atoms with Crippen molar-refractivity contribution in [1.82, 2.24) is 0 Å². The Bertz CT molecular complexity index is 369. The lowest BCUT2D eigenvalue weighted by Gasteiger charge is -2.13. The minimum Gasteiger partial charge on any atom is -0.493 e. The summed E-state index contributed by atoms with van der Waals surface area (Å²) >= 11 is 11.9. The van der Waals surface area contributed by atoms with Crippen LogP contribution < -0.4 is 9.47 Å². The molecule has 0 atom stereocenters. The van der Waals surface area contributed by atoms with Crippen LogP contribution in [-0.4, -0.2) is 26.9 Å². The monoisotopic (exact) mass is 292 g/mol. The van der Waals surface area contributed by atoms with E-state index in [2.05, 4.69) is 6.92 Å². The molecule has 1 aromatic carbocycles. The van der Waals surface area contributed by atoms with Crippen molar-refractivity contribution in [2.24, 2.45) is 0 Å². The van der Waals surface area contributed by atoms with Gasteiger partial charge in [0.15, 0.2) is 11.5 Å². The minimum atomic E-state index is 0.385. The molecule has 0 aromatic heterocycles. The van der Waals surface area contributed by atoms with E-state index in [0.717, 1.165) is 18.6 Å². The zero-order chi connectivity index (χ0) is 13.4. The van der Waals surface area contributed by atoms with Gasteiger partial charge in [-0.25, -0.2) is 0 Å². The van der Waals surface area contributed by atoms with Gasteiger partial charge in [-0.15, -0.1) is 11.6 Å². The van der Waals surface area contributed by atoms with E-state index in [1.165, 1.54) is 0 Å². The Balaban J connectivity index is 2.63. The second-order valence-electron chi connectivity index (χ2n) is 3.70. The van der Waals surface area contributed by atoms with Crippen molar-refractivity contribution in [1.29, 1.82) is 0 Å². The Kier molecular flexibility index (Phi) is 7.25. The zero-order valence-electron chi connectivity index (χ0n) is 10.7. The number of methoxy groups -OCH3 is 1. The largest absolute Gasteiger partial charge is 0.493 e. The van der Waals surface area contributed by atoms with Crippen molar-refractivity contribution in [2.75, 3.05) is 26.9 Å². The summed E-state index contributed by atoms with van der Waals surface area (Å²) in [5.41, 5.74) is 0.896. The van der Waals surface area contributed by atoms with E-state index in [-0.39, 0.29) is 0 Å². The molecule has 0 saturated carbocycles. The lowest BCUT2D eigenvalue weighted by atomic mass is 10.2. The van der Waals surface area contributed by atoms with Crippen LogP contribution in [0.2, 0.25) is 5.02 Å². The summed E-state index contributed by atoms with van der Waals surface area (Å²) in [5, 5.41) is 0.500. The van der Waals surface area contributed by atoms with Crippen LogP contribution in [-0.2, 0) is 10.6 Å². The summed E-state index contributed by atoms with van der Waals surface area (Å²) < 4.78 is 16.2.